The van der Waals surface area contributed by atoms with E-state index in [-0.39, 0.29) is 22.7 Å². The second-order valence-electron chi connectivity index (χ2n) is 8.31. The summed E-state index contributed by atoms with van der Waals surface area (Å²) >= 11 is 0. The minimum absolute atomic E-state index is 0.0906. The van der Waals surface area contributed by atoms with E-state index in [2.05, 4.69) is 19.9 Å². The van der Waals surface area contributed by atoms with E-state index in [4.69, 9.17) is 0 Å². The van der Waals surface area contributed by atoms with E-state index in [0.29, 0.717) is 17.8 Å². The van der Waals surface area contributed by atoms with Crippen LogP contribution in [0, 0.1) is 28.6 Å². The molecule has 0 saturated heterocycles. The van der Waals surface area contributed by atoms with Gasteiger partial charge in [-0.05, 0) is 62.0 Å². The third-order valence-corrected chi connectivity index (χ3v) is 7.62. The molecule has 0 aromatic carbocycles. The predicted molar refractivity (Wildman–Crippen MR) is 84.0 cm³/mol. The summed E-state index contributed by atoms with van der Waals surface area (Å²) in [6.45, 7) is 4.32. The van der Waals surface area contributed by atoms with Crippen molar-refractivity contribution in [3.05, 3.63) is 23.8 Å². The zero-order valence-electron chi connectivity index (χ0n) is 13.5. The SMILES string of the molecule is C[C@]12[C@H](O)C[C@H]3[C@@H](CCC4=CC(=O)C=C[C@@]43C)[C@@H]1CC[C@@H]2O. The van der Waals surface area contributed by atoms with Gasteiger partial charge in [-0.25, -0.2) is 0 Å². The molecule has 0 bridgehead atoms. The van der Waals surface area contributed by atoms with E-state index < -0.39 is 6.10 Å². The first kappa shape index (κ1) is 14.6. The molecule has 0 aliphatic heterocycles. The maximum atomic E-state index is 11.7. The molecular weight excluding hydrogens is 276 g/mol. The minimum atomic E-state index is -0.446. The van der Waals surface area contributed by atoms with Crippen LogP contribution in [0.1, 0.15) is 46.0 Å². The van der Waals surface area contributed by atoms with E-state index in [1.807, 2.05) is 6.08 Å². The fourth-order valence-corrected chi connectivity index (χ4v) is 6.16. The van der Waals surface area contributed by atoms with Crippen LogP contribution in [0.5, 0.6) is 0 Å². The van der Waals surface area contributed by atoms with Gasteiger partial charge in [-0.15, -0.1) is 0 Å². The van der Waals surface area contributed by atoms with Crippen molar-refractivity contribution in [3.8, 4) is 0 Å². The van der Waals surface area contributed by atoms with Gasteiger partial charge in [0, 0.05) is 10.8 Å². The quantitative estimate of drug-likeness (QED) is 0.723. The lowest BCUT2D eigenvalue weighted by Gasteiger charge is -2.58. The van der Waals surface area contributed by atoms with E-state index in [0.717, 1.165) is 32.1 Å². The van der Waals surface area contributed by atoms with Crippen molar-refractivity contribution in [2.75, 3.05) is 0 Å². The Bertz CT molecular complexity index is 577. The molecule has 0 spiro atoms. The number of fused-ring (bicyclic) bond motifs is 5. The molecule has 22 heavy (non-hydrogen) atoms. The van der Waals surface area contributed by atoms with Crippen LogP contribution in [0.3, 0.4) is 0 Å². The Hall–Kier alpha value is -0.930. The first-order chi connectivity index (χ1) is 10.4. The lowest BCUT2D eigenvalue weighted by molar-refractivity contribution is -0.142. The molecule has 4 aliphatic carbocycles. The molecule has 0 aromatic heterocycles. The Kier molecular flexibility index (Phi) is 3.03. The largest absolute Gasteiger partial charge is 0.392 e. The number of aliphatic hydroxyl groups excluding tert-OH is 2. The average Bonchev–Trinajstić information content (AvgIpc) is 2.79. The fraction of sp³-hybridized carbons (Fsp3) is 0.737. The van der Waals surface area contributed by atoms with E-state index in [1.54, 1.807) is 6.08 Å². The summed E-state index contributed by atoms with van der Waals surface area (Å²) in [6.07, 6.45) is 9.43. The van der Waals surface area contributed by atoms with Crippen LogP contribution in [-0.2, 0) is 4.79 Å². The van der Waals surface area contributed by atoms with Crippen molar-refractivity contribution in [1.82, 2.24) is 0 Å². The smallest absolute Gasteiger partial charge is 0.178 e. The number of hydrogen-bond donors (Lipinski definition) is 2. The Morgan fingerprint density at radius 2 is 1.86 bits per heavy atom. The number of hydrogen-bond acceptors (Lipinski definition) is 3. The number of allylic oxidation sites excluding steroid dienone is 4. The van der Waals surface area contributed by atoms with Gasteiger partial charge in [0.05, 0.1) is 12.2 Å². The number of ketones is 1. The monoisotopic (exact) mass is 302 g/mol. The highest BCUT2D eigenvalue weighted by molar-refractivity contribution is 6.01. The summed E-state index contributed by atoms with van der Waals surface area (Å²) in [5.41, 5.74) is 0.815. The number of carbonyl (C=O) groups is 1. The molecule has 120 valence electrons. The number of carbonyl (C=O) groups excluding carboxylic acids is 1. The standard InChI is InChI=1S/C19H26O3/c1-18-8-7-12(20)9-11(18)3-4-13-14-5-6-16(21)19(14,2)17(22)10-15(13)18/h7-9,13-17,21-22H,3-6,10H2,1-2H3/t13-,14-,15-,16-,17+,18-,19-/m0/s1. The molecule has 2 N–H and O–H groups in total. The van der Waals surface area contributed by atoms with E-state index in [9.17, 15) is 15.0 Å². The van der Waals surface area contributed by atoms with Gasteiger partial charge in [-0.3, -0.25) is 4.79 Å². The van der Waals surface area contributed by atoms with Crippen molar-refractivity contribution in [2.45, 2.75) is 58.2 Å². The second-order valence-corrected chi connectivity index (χ2v) is 8.31. The Morgan fingerprint density at radius 1 is 1.09 bits per heavy atom. The predicted octanol–water partition coefficient (Wildman–Crippen LogP) is 2.63. The van der Waals surface area contributed by atoms with Crippen molar-refractivity contribution in [3.63, 3.8) is 0 Å². The topological polar surface area (TPSA) is 57.5 Å². The molecule has 7 atom stereocenters. The molecule has 0 aromatic rings. The summed E-state index contributed by atoms with van der Waals surface area (Å²) in [6, 6.07) is 0. The molecule has 4 aliphatic rings. The van der Waals surface area contributed by atoms with Crippen molar-refractivity contribution in [1.29, 1.82) is 0 Å². The average molecular weight is 302 g/mol. The van der Waals surface area contributed by atoms with Gasteiger partial charge < -0.3 is 10.2 Å². The Labute approximate surface area is 132 Å². The first-order valence-electron chi connectivity index (χ1n) is 8.67. The van der Waals surface area contributed by atoms with E-state index in [1.165, 1.54) is 5.57 Å². The second kappa shape index (κ2) is 4.55. The maximum absolute atomic E-state index is 11.7. The third kappa shape index (κ3) is 1.67. The summed E-state index contributed by atoms with van der Waals surface area (Å²) in [7, 11) is 0. The Morgan fingerprint density at radius 3 is 2.64 bits per heavy atom. The summed E-state index contributed by atoms with van der Waals surface area (Å²) in [5.74, 6) is 1.44. The molecule has 3 fully saturated rings. The fourth-order valence-electron chi connectivity index (χ4n) is 6.16. The Balaban J connectivity index is 1.74. The number of aliphatic hydroxyl groups is 2. The van der Waals surface area contributed by atoms with Gasteiger partial charge in [0.15, 0.2) is 5.78 Å². The van der Waals surface area contributed by atoms with Crippen LogP contribution >= 0.6 is 0 Å². The lowest BCUT2D eigenvalue weighted by atomic mass is 9.47. The van der Waals surface area contributed by atoms with Crippen molar-refractivity contribution < 1.29 is 15.0 Å². The molecule has 0 unspecified atom stereocenters. The van der Waals surface area contributed by atoms with Crippen LogP contribution in [0.2, 0.25) is 0 Å². The molecule has 3 nitrogen and oxygen atoms in total. The van der Waals surface area contributed by atoms with Gasteiger partial charge in [0.2, 0.25) is 0 Å². The number of rotatable bonds is 0. The highest BCUT2D eigenvalue weighted by Gasteiger charge is 2.61. The van der Waals surface area contributed by atoms with Crippen LogP contribution in [0.25, 0.3) is 0 Å². The molecule has 4 rings (SSSR count). The van der Waals surface area contributed by atoms with Gasteiger partial charge in [-0.1, -0.05) is 25.5 Å². The molecule has 3 heteroatoms. The molecule has 0 radical (unpaired) electrons. The van der Waals surface area contributed by atoms with Crippen LogP contribution < -0.4 is 0 Å². The van der Waals surface area contributed by atoms with Crippen molar-refractivity contribution in [2.24, 2.45) is 28.6 Å². The zero-order valence-corrected chi connectivity index (χ0v) is 13.5. The summed E-state index contributed by atoms with van der Waals surface area (Å²) in [4.78, 5) is 11.7. The van der Waals surface area contributed by atoms with Gasteiger partial charge in [0.1, 0.15) is 0 Å². The van der Waals surface area contributed by atoms with Gasteiger partial charge in [0.25, 0.3) is 0 Å². The van der Waals surface area contributed by atoms with Gasteiger partial charge in [-0.2, -0.15) is 0 Å². The zero-order chi connectivity index (χ0) is 15.7. The van der Waals surface area contributed by atoms with E-state index >= 15 is 0 Å². The lowest BCUT2D eigenvalue weighted by Crippen LogP contribution is -2.56. The van der Waals surface area contributed by atoms with Crippen molar-refractivity contribution >= 4 is 5.78 Å². The molecule has 0 amide bonds. The minimum Gasteiger partial charge on any atom is -0.392 e. The highest BCUT2D eigenvalue weighted by Crippen LogP contribution is 2.64. The normalized spacial score (nSPS) is 53.5. The van der Waals surface area contributed by atoms with Crippen LogP contribution in [0.15, 0.2) is 23.8 Å². The molecular formula is C19H26O3. The molecule has 0 heterocycles. The highest BCUT2D eigenvalue weighted by atomic mass is 16.3. The maximum Gasteiger partial charge on any atom is 0.178 e. The summed E-state index contributed by atoms with van der Waals surface area (Å²) < 4.78 is 0. The molecule has 3 saturated carbocycles. The van der Waals surface area contributed by atoms with Gasteiger partial charge >= 0.3 is 0 Å². The summed E-state index contributed by atoms with van der Waals surface area (Å²) in [5, 5.41) is 21.3. The van der Waals surface area contributed by atoms with Crippen LogP contribution in [-0.4, -0.2) is 28.2 Å². The van der Waals surface area contributed by atoms with Crippen LogP contribution in [0.4, 0.5) is 0 Å². The third-order valence-electron chi connectivity index (χ3n) is 7.62. The first-order valence-corrected chi connectivity index (χ1v) is 8.67.